The van der Waals surface area contributed by atoms with Crippen LogP contribution in [0, 0.1) is 5.92 Å². The van der Waals surface area contributed by atoms with Gasteiger partial charge in [0, 0.05) is 18.8 Å². The van der Waals surface area contributed by atoms with Crippen molar-refractivity contribution in [3.63, 3.8) is 0 Å². The molecular formula is C13H18N2O2. The maximum Gasteiger partial charge on any atom is 0.339 e. The SMILES string of the molecule is COC(=O)c1ccc(CNC(C)C2CC2)nc1. The highest BCUT2D eigenvalue weighted by molar-refractivity contribution is 5.88. The molecule has 0 aromatic carbocycles. The summed E-state index contributed by atoms with van der Waals surface area (Å²) in [5.74, 6) is 0.493. The van der Waals surface area contributed by atoms with E-state index < -0.39 is 0 Å². The first-order chi connectivity index (χ1) is 8.20. The van der Waals surface area contributed by atoms with Crippen molar-refractivity contribution >= 4 is 5.97 Å². The van der Waals surface area contributed by atoms with Crippen LogP contribution in [-0.2, 0) is 11.3 Å². The average Bonchev–Trinajstić information content (AvgIpc) is 3.20. The van der Waals surface area contributed by atoms with Crippen LogP contribution in [-0.4, -0.2) is 24.1 Å². The largest absolute Gasteiger partial charge is 0.465 e. The molecule has 0 amide bonds. The molecule has 0 spiro atoms. The molecule has 4 heteroatoms. The molecule has 4 nitrogen and oxygen atoms in total. The summed E-state index contributed by atoms with van der Waals surface area (Å²) >= 11 is 0. The maximum absolute atomic E-state index is 11.2. The maximum atomic E-state index is 11.2. The second-order valence-electron chi connectivity index (χ2n) is 4.54. The Morgan fingerprint density at radius 3 is 2.88 bits per heavy atom. The van der Waals surface area contributed by atoms with Crippen molar-refractivity contribution in [3.05, 3.63) is 29.6 Å². The molecule has 1 N–H and O–H groups in total. The van der Waals surface area contributed by atoms with Gasteiger partial charge >= 0.3 is 5.97 Å². The zero-order chi connectivity index (χ0) is 12.3. The topological polar surface area (TPSA) is 51.2 Å². The Morgan fingerprint density at radius 1 is 1.59 bits per heavy atom. The number of carbonyl (C=O) groups excluding carboxylic acids is 1. The van der Waals surface area contributed by atoms with Gasteiger partial charge < -0.3 is 10.1 Å². The molecule has 0 saturated heterocycles. The quantitative estimate of drug-likeness (QED) is 0.789. The third-order valence-electron chi connectivity index (χ3n) is 3.18. The Hall–Kier alpha value is -1.42. The standard InChI is InChI=1S/C13H18N2O2/c1-9(10-3-4-10)14-8-12-6-5-11(7-15-12)13(16)17-2/h5-7,9-10,14H,3-4,8H2,1-2H3. The van der Waals surface area contributed by atoms with E-state index in [1.54, 1.807) is 12.3 Å². The summed E-state index contributed by atoms with van der Waals surface area (Å²) in [5.41, 5.74) is 1.44. The van der Waals surface area contributed by atoms with Crippen molar-refractivity contribution in [2.24, 2.45) is 5.92 Å². The normalized spacial score (nSPS) is 16.6. The number of hydrogen-bond donors (Lipinski definition) is 1. The van der Waals surface area contributed by atoms with Crippen LogP contribution < -0.4 is 5.32 Å². The van der Waals surface area contributed by atoms with Crippen LogP contribution in [0.25, 0.3) is 0 Å². The van der Waals surface area contributed by atoms with Crippen molar-refractivity contribution < 1.29 is 9.53 Å². The number of hydrogen-bond acceptors (Lipinski definition) is 4. The molecule has 0 aliphatic heterocycles. The predicted octanol–water partition coefficient (Wildman–Crippen LogP) is 1.76. The molecule has 17 heavy (non-hydrogen) atoms. The van der Waals surface area contributed by atoms with Crippen molar-refractivity contribution in [1.82, 2.24) is 10.3 Å². The lowest BCUT2D eigenvalue weighted by Gasteiger charge is -2.12. The molecular weight excluding hydrogens is 216 g/mol. The number of ether oxygens (including phenoxy) is 1. The summed E-state index contributed by atoms with van der Waals surface area (Å²) in [5, 5.41) is 3.44. The fraction of sp³-hybridized carbons (Fsp3) is 0.538. The van der Waals surface area contributed by atoms with Crippen LogP contribution in [0.2, 0.25) is 0 Å². The highest BCUT2D eigenvalue weighted by atomic mass is 16.5. The van der Waals surface area contributed by atoms with Gasteiger partial charge in [-0.25, -0.2) is 4.79 Å². The monoisotopic (exact) mass is 234 g/mol. The summed E-state index contributed by atoms with van der Waals surface area (Å²) in [6.45, 7) is 2.96. The van der Waals surface area contributed by atoms with Crippen LogP contribution in [0.4, 0.5) is 0 Å². The minimum absolute atomic E-state index is 0.344. The zero-order valence-electron chi connectivity index (χ0n) is 10.3. The van der Waals surface area contributed by atoms with Crippen LogP contribution in [0.5, 0.6) is 0 Å². The molecule has 1 aromatic heterocycles. The Kier molecular flexibility index (Phi) is 3.74. The van der Waals surface area contributed by atoms with Crippen LogP contribution in [0.15, 0.2) is 18.3 Å². The molecule has 1 saturated carbocycles. The number of aromatic nitrogens is 1. The van der Waals surface area contributed by atoms with Gasteiger partial charge in [-0.1, -0.05) is 0 Å². The number of rotatable bonds is 5. The van der Waals surface area contributed by atoms with Crippen LogP contribution in [0.3, 0.4) is 0 Å². The van der Waals surface area contributed by atoms with Gasteiger partial charge in [0.25, 0.3) is 0 Å². The number of pyridine rings is 1. The van der Waals surface area contributed by atoms with Gasteiger partial charge in [-0.05, 0) is 37.8 Å². The number of esters is 1. The smallest absolute Gasteiger partial charge is 0.339 e. The van der Waals surface area contributed by atoms with E-state index in [4.69, 9.17) is 0 Å². The first kappa shape index (κ1) is 12.0. The van der Waals surface area contributed by atoms with E-state index in [0.717, 1.165) is 18.2 Å². The van der Waals surface area contributed by atoms with Gasteiger partial charge in [0.15, 0.2) is 0 Å². The van der Waals surface area contributed by atoms with Crippen LogP contribution >= 0.6 is 0 Å². The first-order valence-electron chi connectivity index (χ1n) is 5.97. The third-order valence-corrected chi connectivity index (χ3v) is 3.18. The molecule has 1 aliphatic rings. The van der Waals surface area contributed by atoms with Crippen LogP contribution in [0.1, 0.15) is 35.8 Å². The van der Waals surface area contributed by atoms with Gasteiger partial charge in [0.2, 0.25) is 0 Å². The van der Waals surface area contributed by atoms with E-state index in [1.165, 1.54) is 20.0 Å². The Labute approximate surface area is 101 Å². The average molecular weight is 234 g/mol. The summed E-state index contributed by atoms with van der Waals surface area (Å²) in [6, 6.07) is 4.16. The van der Waals surface area contributed by atoms with Gasteiger partial charge in [-0.2, -0.15) is 0 Å². The molecule has 1 heterocycles. The van der Waals surface area contributed by atoms with E-state index in [1.807, 2.05) is 6.07 Å². The highest BCUT2D eigenvalue weighted by Crippen LogP contribution is 2.32. The molecule has 1 atom stereocenters. The summed E-state index contributed by atoms with van der Waals surface area (Å²) in [7, 11) is 1.37. The lowest BCUT2D eigenvalue weighted by atomic mass is 10.2. The fourth-order valence-electron chi connectivity index (χ4n) is 1.80. The second-order valence-corrected chi connectivity index (χ2v) is 4.54. The number of nitrogens with zero attached hydrogens (tertiary/aromatic N) is 1. The van der Waals surface area contributed by atoms with E-state index in [0.29, 0.717) is 11.6 Å². The van der Waals surface area contributed by atoms with Gasteiger partial charge in [-0.3, -0.25) is 4.98 Å². The number of nitrogens with one attached hydrogen (secondary N) is 1. The van der Waals surface area contributed by atoms with Crippen molar-refractivity contribution in [3.8, 4) is 0 Å². The molecule has 92 valence electrons. The molecule has 1 fully saturated rings. The Morgan fingerprint density at radius 2 is 2.35 bits per heavy atom. The minimum atomic E-state index is -0.344. The Balaban J connectivity index is 1.86. The molecule has 1 aromatic rings. The molecule has 2 rings (SSSR count). The summed E-state index contributed by atoms with van der Waals surface area (Å²) < 4.78 is 4.62. The lowest BCUT2D eigenvalue weighted by Crippen LogP contribution is -2.27. The molecule has 0 radical (unpaired) electrons. The van der Waals surface area contributed by atoms with Crippen molar-refractivity contribution in [2.75, 3.05) is 7.11 Å². The molecule has 1 unspecified atom stereocenters. The summed E-state index contributed by atoms with van der Waals surface area (Å²) in [6.07, 6.45) is 4.23. The second kappa shape index (κ2) is 5.27. The number of carbonyl (C=O) groups is 1. The highest BCUT2D eigenvalue weighted by Gasteiger charge is 2.27. The van der Waals surface area contributed by atoms with E-state index in [-0.39, 0.29) is 5.97 Å². The van der Waals surface area contributed by atoms with E-state index in [2.05, 4.69) is 22.0 Å². The van der Waals surface area contributed by atoms with Crippen molar-refractivity contribution in [1.29, 1.82) is 0 Å². The fourth-order valence-corrected chi connectivity index (χ4v) is 1.80. The minimum Gasteiger partial charge on any atom is -0.465 e. The molecule has 1 aliphatic carbocycles. The third kappa shape index (κ3) is 3.27. The lowest BCUT2D eigenvalue weighted by molar-refractivity contribution is 0.0600. The Bertz CT molecular complexity index is 385. The van der Waals surface area contributed by atoms with E-state index >= 15 is 0 Å². The zero-order valence-corrected chi connectivity index (χ0v) is 10.3. The van der Waals surface area contributed by atoms with Gasteiger partial charge in [0.05, 0.1) is 18.4 Å². The van der Waals surface area contributed by atoms with Crippen molar-refractivity contribution in [2.45, 2.75) is 32.4 Å². The first-order valence-corrected chi connectivity index (χ1v) is 5.97. The summed E-state index contributed by atoms with van der Waals surface area (Å²) in [4.78, 5) is 15.4. The van der Waals surface area contributed by atoms with Gasteiger partial charge in [-0.15, -0.1) is 0 Å². The van der Waals surface area contributed by atoms with E-state index in [9.17, 15) is 4.79 Å². The molecule has 0 bridgehead atoms. The number of methoxy groups -OCH3 is 1. The van der Waals surface area contributed by atoms with Gasteiger partial charge in [0.1, 0.15) is 0 Å². The predicted molar refractivity (Wildman–Crippen MR) is 64.6 cm³/mol.